The Balaban J connectivity index is 2.60. The zero-order chi connectivity index (χ0) is 17.4. The van der Waals surface area contributed by atoms with E-state index in [1.54, 1.807) is 12.1 Å². The zero-order valence-corrected chi connectivity index (χ0v) is 14.1. The largest absolute Gasteiger partial charge is 0.355 e. The molecule has 0 spiro atoms. The highest BCUT2D eigenvalue weighted by atomic mass is 16.2. The van der Waals surface area contributed by atoms with Gasteiger partial charge in [0.15, 0.2) is 0 Å². The van der Waals surface area contributed by atoms with Gasteiger partial charge in [-0.15, -0.1) is 0 Å². The highest BCUT2D eigenvalue weighted by molar-refractivity contribution is 5.97. The van der Waals surface area contributed by atoms with Crippen LogP contribution in [0.3, 0.4) is 0 Å². The second kappa shape index (κ2) is 8.92. The van der Waals surface area contributed by atoms with Crippen LogP contribution in [0, 0.1) is 12.8 Å². The van der Waals surface area contributed by atoms with Crippen LogP contribution in [0.25, 0.3) is 0 Å². The second-order valence-corrected chi connectivity index (χ2v) is 5.84. The predicted molar refractivity (Wildman–Crippen MR) is 89.0 cm³/mol. The summed E-state index contributed by atoms with van der Waals surface area (Å²) >= 11 is 0. The molecule has 23 heavy (non-hydrogen) atoms. The van der Waals surface area contributed by atoms with Crippen molar-refractivity contribution >= 4 is 17.7 Å². The first kappa shape index (κ1) is 18.7. The molecule has 126 valence electrons. The van der Waals surface area contributed by atoms with Crippen molar-refractivity contribution in [1.29, 1.82) is 0 Å². The lowest BCUT2D eigenvalue weighted by Crippen LogP contribution is -2.50. The number of hydrogen-bond donors (Lipinski definition) is 3. The van der Waals surface area contributed by atoms with E-state index in [-0.39, 0.29) is 23.6 Å². The number of rotatable bonds is 7. The average molecular weight is 319 g/mol. The van der Waals surface area contributed by atoms with E-state index in [4.69, 9.17) is 0 Å². The Morgan fingerprint density at radius 1 is 1.00 bits per heavy atom. The van der Waals surface area contributed by atoms with Crippen LogP contribution in [0.4, 0.5) is 0 Å². The van der Waals surface area contributed by atoms with E-state index in [9.17, 15) is 14.4 Å². The number of nitrogens with one attached hydrogen (secondary N) is 3. The van der Waals surface area contributed by atoms with Crippen LogP contribution >= 0.6 is 0 Å². The fourth-order valence-corrected chi connectivity index (χ4v) is 2.00. The number of carbonyl (C=O) groups excluding carboxylic acids is 3. The van der Waals surface area contributed by atoms with E-state index in [0.29, 0.717) is 18.7 Å². The molecule has 0 aliphatic rings. The van der Waals surface area contributed by atoms with Crippen molar-refractivity contribution in [1.82, 2.24) is 16.0 Å². The van der Waals surface area contributed by atoms with Gasteiger partial charge in [-0.3, -0.25) is 14.4 Å². The molecule has 0 bridgehead atoms. The molecule has 0 fully saturated rings. The summed E-state index contributed by atoms with van der Waals surface area (Å²) in [6.07, 6.45) is 0. The van der Waals surface area contributed by atoms with E-state index in [1.807, 2.05) is 32.9 Å². The normalized spacial score (nSPS) is 11.7. The minimum atomic E-state index is -0.624. The van der Waals surface area contributed by atoms with Crippen LogP contribution in [0.2, 0.25) is 0 Å². The molecular formula is C17H25N3O3. The summed E-state index contributed by atoms with van der Waals surface area (Å²) in [5.74, 6) is -0.732. The molecule has 0 saturated heterocycles. The maximum absolute atomic E-state index is 12.2. The highest BCUT2D eigenvalue weighted by Crippen LogP contribution is 2.06. The summed E-state index contributed by atoms with van der Waals surface area (Å²) < 4.78 is 0. The monoisotopic (exact) mass is 319 g/mol. The smallest absolute Gasteiger partial charge is 0.251 e. The van der Waals surface area contributed by atoms with Crippen molar-refractivity contribution in [2.24, 2.45) is 5.92 Å². The molecule has 0 aliphatic heterocycles. The Kier molecular flexibility index (Phi) is 7.25. The van der Waals surface area contributed by atoms with Crippen molar-refractivity contribution < 1.29 is 14.4 Å². The lowest BCUT2D eigenvalue weighted by Gasteiger charge is -2.22. The number of hydrogen-bond acceptors (Lipinski definition) is 3. The van der Waals surface area contributed by atoms with Gasteiger partial charge >= 0.3 is 0 Å². The molecule has 0 saturated carbocycles. The third kappa shape index (κ3) is 6.50. The number of benzene rings is 1. The number of carbonyl (C=O) groups is 3. The third-order valence-corrected chi connectivity index (χ3v) is 3.35. The minimum absolute atomic E-state index is 0.0508. The SMILES string of the molecule is CC(=O)NCCNC(=O)[C@H](NC(=O)c1ccc(C)cc1)C(C)C. The molecule has 3 amide bonds. The molecule has 1 atom stereocenters. The second-order valence-electron chi connectivity index (χ2n) is 5.84. The standard InChI is InChI=1S/C17H25N3O3/c1-11(2)15(17(23)19-10-9-18-13(4)21)20-16(22)14-7-5-12(3)6-8-14/h5-8,11,15H,9-10H2,1-4H3,(H,18,21)(H,19,23)(H,20,22)/t15-/m1/s1. The van der Waals surface area contributed by atoms with Crippen LogP contribution in [-0.4, -0.2) is 36.9 Å². The molecule has 1 aromatic rings. The van der Waals surface area contributed by atoms with Gasteiger partial charge in [0.05, 0.1) is 0 Å². The van der Waals surface area contributed by atoms with E-state index < -0.39 is 6.04 Å². The van der Waals surface area contributed by atoms with Crippen LogP contribution in [0.5, 0.6) is 0 Å². The zero-order valence-electron chi connectivity index (χ0n) is 14.1. The van der Waals surface area contributed by atoms with E-state index in [2.05, 4.69) is 16.0 Å². The molecule has 0 aromatic heterocycles. The highest BCUT2D eigenvalue weighted by Gasteiger charge is 2.24. The maximum atomic E-state index is 12.2. The van der Waals surface area contributed by atoms with E-state index in [1.165, 1.54) is 6.92 Å². The first-order chi connectivity index (χ1) is 10.8. The van der Waals surface area contributed by atoms with Crippen molar-refractivity contribution in [3.05, 3.63) is 35.4 Å². The summed E-state index contributed by atoms with van der Waals surface area (Å²) in [6.45, 7) is 7.78. The lowest BCUT2D eigenvalue weighted by molar-refractivity contribution is -0.124. The molecule has 0 unspecified atom stereocenters. The summed E-state index contributed by atoms with van der Waals surface area (Å²) in [4.78, 5) is 35.2. The predicted octanol–water partition coefficient (Wildman–Crippen LogP) is 1.00. The molecule has 6 heteroatoms. The Hall–Kier alpha value is -2.37. The van der Waals surface area contributed by atoms with Gasteiger partial charge in [0, 0.05) is 25.6 Å². The molecule has 0 aliphatic carbocycles. The molecular weight excluding hydrogens is 294 g/mol. The van der Waals surface area contributed by atoms with Gasteiger partial charge < -0.3 is 16.0 Å². The fourth-order valence-electron chi connectivity index (χ4n) is 2.00. The summed E-state index contributed by atoms with van der Waals surface area (Å²) in [7, 11) is 0. The Bertz CT molecular complexity index is 553. The quantitative estimate of drug-likeness (QED) is 0.655. The first-order valence-corrected chi connectivity index (χ1v) is 7.71. The minimum Gasteiger partial charge on any atom is -0.355 e. The molecule has 1 rings (SSSR count). The summed E-state index contributed by atoms with van der Waals surface area (Å²) in [5.41, 5.74) is 1.59. The van der Waals surface area contributed by atoms with E-state index in [0.717, 1.165) is 5.56 Å². The van der Waals surface area contributed by atoms with Crippen molar-refractivity contribution in [3.63, 3.8) is 0 Å². The topological polar surface area (TPSA) is 87.3 Å². The van der Waals surface area contributed by atoms with E-state index >= 15 is 0 Å². The average Bonchev–Trinajstić information content (AvgIpc) is 2.48. The molecule has 6 nitrogen and oxygen atoms in total. The number of aryl methyl sites for hydroxylation is 1. The van der Waals surface area contributed by atoms with Crippen LogP contribution in [0.1, 0.15) is 36.7 Å². The molecule has 0 radical (unpaired) electrons. The summed E-state index contributed by atoms with van der Waals surface area (Å²) in [6, 6.07) is 6.55. The van der Waals surface area contributed by atoms with Gasteiger partial charge in [-0.1, -0.05) is 31.5 Å². The van der Waals surface area contributed by atoms with Crippen LogP contribution < -0.4 is 16.0 Å². The Labute approximate surface area is 137 Å². The van der Waals surface area contributed by atoms with Gasteiger partial charge in [0.25, 0.3) is 5.91 Å². The molecule has 3 N–H and O–H groups in total. The third-order valence-electron chi connectivity index (χ3n) is 3.35. The van der Waals surface area contributed by atoms with Crippen molar-refractivity contribution in [2.45, 2.75) is 33.7 Å². The van der Waals surface area contributed by atoms with Crippen molar-refractivity contribution in [3.8, 4) is 0 Å². The fraction of sp³-hybridized carbons (Fsp3) is 0.471. The van der Waals surface area contributed by atoms with Gasteiger partial charge in [0.2, 0.25) is 11.8 Å². The Morgan fingerprint density at radius 2 is 1.57 bits per heavy atom. The van der Waals surface area contributed by atoms with Gasteiger partial charge in [-0.2, -0.15) is 0 Å². The number of amides is 3. The van der Waals surface area contributed by atoms with Gasteiger partial charge in [-0.05, 0) is 25.0 Å². The molecule has 0 heterocycles. The van der Waals surface area contributed by atoms with Crippen molar-refractivity contribution in [2.75, 3.05) is 13.1 Å². The van der Waals surface area contributed by atoms with Crippen LogP contribution in [-0.2, 0) is 9.59 Å². The van der Waals surface area contributed by atoms with Gasteiger partial charge in [0.1, 0.15) is 6.04 Å². The molecule has 1 aromatic carbocycles. The van der Waals surface area contributed by atoms with Crippen LogP contribution in [0.15, 0.2) is 24.3 Å². The van der Waals surface area contributed by atoms with Gasteiger partial charge in [-0.25, -0.2) is 0 Å². The summed E-state index contributed by atoms with van der Waals surface area (Å²) in [5, 5.41) is 8.08. The maximum Gasteiger partial charge on any atom is 0.251 e. The Morgan fingerprint density at radius 3 is 2.09 bits per heavy atom. The lowest BCUT2D eigenvalue weighted by atomic mass is 10.0. The first-order valence-electron chi connectivity index (χ1n) is 7.71.